The van der Waals surface area contributed by atoms with Gasteiger partial charge in [0.25, 0.3) is 0 Å². The van der Waals surface area contributed by atoms with Gasteiger partial charge < -0.3 is 15.3 Å². The smallest absolute Gasteiger partial charge is 0.304 e. The molecule has 0 amide bonds. The van der Waals surface area contributed by atoms with Crippen molar-refractivity contribution in [2.75, 3.05) is 0 Å². The first-order valence-electron chi connectivity index (χ1n) is 3.94. The summed E-state index contributed by atoms with van der Waals surface area (Å²) in [5.74, 6) is -2.72. The lowest BCUT2D eigenvalue weighted by Crippen LogP contribution is -2.30. The van der Waals surface area contributed by atoms with Gasteiger partial charge in [-0.05, 0) is 25.8 Å². The van der Waals surface area contributed by atoms with E-state index in [1.54, 1.807) is 26.0 Å². The van der Waals surface area contributed by atoms with E-state index in [1.165, 1.54) is 0 Å². The fourth-order valence-electron chi connectivity index (χ4n) is 0.922. The molecular weight excluding hydrogens is 156 g/mol. The molecule has 0 saturated heterocycles. The maximum atomic E-state index is 8.91. The number of aliphatic hydroxyl groups is 3. The van der Waals surface area contributed by atoms with E-state index in [-0.39, 0.29) is 5.57 Å². The van der Waals surface area contributed by atoms with Crippen LogP contribution in [0.5, 0.6) is 0 Å². The number of rotatable bonds is 3. The first-order chi connectivity index (χ1) is 5.43. The second-order valence-corrected chi connectivity index (χ2v) is 2.63. The molecule has 0 aliphatic heterocycles. The van der Waals surface area contributed by atoms with Crippen molar-refractivity contribution in [3.8, 4) is 0 Å². The second-order valence-electron chi connectivity index (χ2n) is 2.63. The van der Waals surface area contributed by atoms with Gasteiger partial charge in [-0.1, -0.05) is 19.1 Å². The van der Waals surface area contributed by atoms with Crippen LogP contribution < -0.4 is 0 Å². The minimum absolute atomic E-state index is 0.146. The van der Waals surface area contributed by atoms with Crippen molar-refractivity contribution in [3.05, 3.63) is 23.3 Å². The molecule has 0 aliphatic rings. The molecule has 3 nitrogen and oxygen atoms in total. The van der Waals surface area contributed by atoms with Gasteiger partial charge in [0.05, 0.1) is 0 Å². The minimum atomic E-state index is -2.72. The number of hydrogen-bond donors (Lipinski definition) is 3. The Morgan fingerprint density at radius 3 is 2.08 bits per heavy atom. The van der Waals surface area contributed by atoms with Crippen molar-refractivity contribution >= 4 is 0 Å². The van der Waals surface area contributed by atoms with Crippen molar-refractivity contribution in [2.24, 2.45) is 0 Å². The fourth-order valence-corrected chi connectivity index (χ4v) is 0.922. The van der Waals surface area contributed by atoms with E-state index in [2.05, 4.69) is 0 Å². The Morgan fingerprint density at radius 1 is 1.33 bits per heavy atom. The molecule has 0 aromatic heterocycles. The molecule has 0 rings (SSSR count). The van der Waals surface area contributed by atoms with E-state index in [9.17, 15) is 0 Å². The molecule has 0 aliphatic carbocycles. The molecule has 0 radical (unpaired) electrons. The summed E-state index contributed by atoms with van der Waals surface area (Å²) in [6.45, 7) is 5.33. The fraction of sp³-hybridized carbons (Fsp3) is 0.556. The number of hydrogen-bond acceptors (Lipinski definition) is 3. The summed E-state index contributed by atoms with van der Waals surface area (Å²) in [5.41, 5.74) is 0.803. The van der Waals surface area contributed by atoms with Crippen molar-refractivity contribution in [3.63, 3.8) is 0 Å². The SMILES string of the molecule is CC=C(C)C(=CCC)C(O)(O)O. The molecule has 0 aromatic rings. The third-order valence-corrected chi connectivity index (χ3v) is 1.63. The lowest BCUT2D eigenvalue weighted by molar-refractivity contribution is -0.280. The van der Waals surface area contributed by atoms with Crippen molar-refractivity contribution in [1.29, 1.82) is 0 Å². The normalized spacial score (nSPS) is 15.2. The average molecular weight is 172 g/mol. The van der Waals surface area contributed by atoms with Crippen LogP contribution in [0.25, 0.3) is 0 Å². The van der Waals surface area contributed by atoms with Gasteiger partial charge in [-0.3, -0.25) is 0 Å². The highest BCUT2D eigenvalue weighted by molar-refractivity contribution is 5.31. The second kappa shape index (κ2) is 4.40. The van der Waals surface area contributed by atoms with E-state index in [1.807, 2.05) is 6.92 Å². The van der Waals surface area contributed by atoms with Crippen molar-refractivity contribution < 1.29 is 15.3 Å². The Balaban J connectivity index is 4.82. The Bertz CT molecular complexity index is 196. The summed E-state index contributed by atoms with van der Waals surface area (Å²) < 4.78 is 0. The minimum Gasteiger partial charge on any atom is -0.340 e. The van der Waals surface area contributed by atoms with Gasteiger partial charge in [-0.15, -0.1) is 0 Å². The number of allylic oxidation sites excluding steroid dienone is 2. The summed E-state index contributed by atoms with van der Waals surface area (Å²) in [7, 11) is 0. The predicted octanol–water partition coefficient (Wildman–Crippen LogP) is 0.920. The van der Waals surface area contributed by atoms with Crippen molar-refractivity contribution in [2.45, 2.75) is 33.2 Å². The van der Waals surface area contributed by atoms with Crippen LogP contribution in [0.4, 0.5) is 0 Å². The molecule has 3 N–H and O–H groups in total. The maximum absolute atomic E-state index is 8.91. The highest BCUT2D eigenvalue weighted by atomic mass is 16.7. The van der Waals surface area contributed by atoms with Crippen LogP contribution in [0.2, 0.25) is 0 Å². The molecule has 3 heteroatoms. The van der Waals surface area contributed by atoms with Gasteiger partial charge in [0.2, 0.25) is 0 Å². The van der Waals surface area contributed by atoms with Crippen LogP contribution in [0.15, 0.2) is 23.3 Å². The zero-order valence-corrected chi connectivity index (χ0v) is 7.70. The average Bonchev–Trinajstić information content (AvgIpc) is 1.96. The zero-order valence-electron chi connectivity index (χ0n) is 7.70. The van der Waals surface area contributed by atoms with Gasteiger partial charge in [0.1, 0.15) is 0 Å². The lowest BCUT2D eigenvalue weighted by Gasteiger charge is -2.18. The maximum Gasteiger partial charge on any atom is 0.304 e. The molecular formula is C9H16O3. The Morgan fingerprint density at radius 2 is 1.83 bits per heavy atom. The summed E-state index contributed by atoms with van der Waals surface area (Å²) in [4.78, 5) is 0. The van der Waals surface area contributed by atoms with E-state index in [0.717, 1.165) is 0 Å². The van der Waals surface area contributed by atoms with Crippen LogP contribution in [0, 0.1) is 0 Å². The van der Waals surface area contributed by atoms with Crippen LogP contribution >= 0.6 is 0 Å². The largest absolute Gasteiger partial charge is 0.340 e. The summed E-state index contributed by atoms with van der Waals surface area (Å²) in [6.07, 6.45) is 3.93. The standard InChI is InChI=1S/C9H16O3/c1-4-6-8(7(3)5-2)9(10,11)12/h5-6,10-12H,4H2,1-3H3. The molecule has 0 aromatic carbocycles. The van der Waals surface area contributed by atoms with Gasteiger partial charge in [0, 0.05) is 5.57 Å². The highest BCUT2D eigenvalue weighted by Gasteiger charge is 2.25. The molecule has 0 heterocycles. The van der Waals surface area contributed by atoms with Gasteiger partial charge in [0.15, 0.2) is 0 Å². The van der Waals surface area contributed by atoms with E-state index >= 15 is 0 Å². The zero-order chi connectivity index (χ0) is 9.78. The predicted molar refractivity (Wildman–Crippen MR) is 47.2 cm³/mol. The molecule has 0 unspecified atom stereocenters. The van der Waals surface area contributed by atoms with E-state index in [0.29, 0.717) is 12.0 Å². The molecule has 70 valence electrons. The van der Waals surface area contributed by atoms with Crippen LogP contribution in [0.3, 0.4) is 0 Å². The topological polar surface area (TPSA) is 60.7 Å². The first kappa shape index (κ1) is 11.4. The Hall–Kier alpha value is -0.640. The molecule has 0 spiro atoms. The van der Waals surface area contributed by atoms with E-state index < -0.39 is 5.97 Å². The molecule has 0 saturated carbocycles. The first-order valence-corrected chi connectivity index (χ1v) is 3.94. The monoisotopic (exact) mass is 172 g/mol. The van der Waals surface area contributed by atoms with Gasteiger partial charge in [-0.2, -0.15) is 0 Å². The summed E-state index contributed by atoms with van der Waals surface area (Å²) >= 11 is 0. The summed E-state index contributed by atoms with van der Waals surface area (Å²) in [5, 5.41) is 26.7. The van der Waals surface area contributed by atoms with Crippen LogP contribution in [-0.2, 0) is 0 Å². The third-order valence-electron chi connectivity index (χ3n) is 1.63. The Labute approximate surface area is 72.7 Å². The quantitative estimate of drug-likeness (QED) is 0.438. The molecule has 0 fully saturated rings. The lowest BCUT2D eigenvalue weighted by atomic mass is 10.0. The van der Waals surface area contributed by atoms with Crippen LogP contribution in [-0.4, -0.2) is 21.3 Å². The van der Waals surface area contributed by atoms with Crippen LogP contribution in [0.1, 0.15) is 27.2 Å². The summed E-state index contributed by atoms with van der Waals surface area (Å²) in [6, 6.07) is 0. The molecule has 0 atom stereocenters. The Kier molecular flexibility index (Phi) is 4.17. The van der Waals surface area contributed by atoms with Crippen molar-refractivity contribution in [1.82, 2.24) is 0 Å². The highest BCUT2D eigenvalue weighted by Crippen LogP contribution is 2.19. The molecule has 0 bridgehead atoms. The van der Waals surface area contributed by atoms with E-state index in [4.69, 9.17) is 15.3 Å². The molecule has 12 heavy (non-hydrogen) atoms. The van der Waals surface area contributed by atoms with Gasteiger partial charge >= 0.3 is 5.97 Å². The van der Waals surface area contributed by atoms with Gasteiger partial charge in [-0.25, -0.2) is 0 Å². The third kappa shape index (κ3) is 3.17.